The van der Waals surface area contributed by atoms with Gasteiger partial charge in [0.1, 0.15) is 5.75 Å². The Balaban J connectivity index is 1.97. The van der Waals surface area contributed by atoms with Crippen LogP contribution in [-0.4, -0.2) is 17.8 Å². The molecule has 0 heterocycles. The van der Waals surface area contributed by atoms with Gasteiger partial charge in [-0.2, -0.15) is 0 Å². The number of halogens is 1. The fraction of sp³-hybridized carbons (Fsp3) is 0.278. The van der Waals surface area contributed by atoms with Gasteiger partial charge in [-0.05, 0) is 56.7 Å². The van der Waals surface area contributed by atoms with Gasteiger partial charge in [0.2, 0.25) is 5.91 Å². The van der Waals surface area contributed by atoms with Gasteiger partial charge in [-0.25, -0.2) is 0 Å². The van der Waals surface area contributed by atoms with Crippen LogP contribution in [-0.2, 0) is 4.79 Å². The minimum absolute atomic E-state index is 0.0443. The molecule has 5 heteroatoms. The Morgan fingerprint density at radius 2 is 2.00 bits per heavy atom. The van der Waals surface area contributed by atoms with Crippen LogP contribution in [0.3, 0.4) is 0 Å². The molecule has 0 saturated carbocycles. The molecule has 0 saturated heterocycles. The lowest BCUT2D eigenvalue weighted by Gasteiger charge is -2.14. The summed E-state index contributed by atoms with van der Waals surface area (Å²) < 4.78 is 6.76. The van der Waals surface area contributed by atoms with Crippen molar-refractivity contribution in [1.82, 2.24) is 0 Å². The van der Waals surface area contributed by atoms with Crippen molar-refractivity contribution in [2.24, 2.45) is 0 Å². The zero-order chi connectivity index (χ0) is 16.8. The number of aryl methyl sites for hydroxylation is 1. The standard InChI is InChI=1S/C18H20BrNO2S/c1-12(2)22-16-7-5-4-6-15(16)20-18(21)11-23-17-9-8-14(19)10-13(17)3/h4-10,12H,11H2,1-3H3,(H,20,21). The maximum absolute atomic E-state index is 12.2. The largest absolute Gasteiger partial charge is 0.489 e. The van der Waals surface area contributed by atoms with E-state index in [1.54, 1.807) is 0 Å². The van der Waals surface area contributed by atoms with E-state index < -0.39 is 0 Å². The average Bonchev–Trinajstić information content (AvgIpc) is 2.48. The number of rotatable bonds is 6. The summed E-state index contributed by atoms with van der Waals surface area (Å²) in [5.74, 6) is 1.01. The number of hydrogen-bond donors (Lipinski definition) is 1. The van der Waals surface area contributed by atoms with Crippen LogP contribution in [0.25, 0.3) is 0 Å². The zero-order valence-corrected chi connectivity index (χ0v) is 15.8. The topological polar surface area (TPSA) is 38.3 Å². The summed E-state index contributed by atoms with van der Waals surface area (Å²) in [6.45, 7) is 5.96. The molecule has 2 aromatic rings. The predicted octanol–water partition coefficient (Wildman–Crippen LogP) is 5.28. The summed E-state index contributed by atoms with van der Waals surface area (Å²) in [6, 6.07) is 13.5. The van der Waals surface area contributed by atoms with Gasteiger partial charge < -0.3 is 10.1 Å². The van der Waals surface area contributed by atoms with Crippen molar-refractivity contribution < 1.29 is 9.53 Å². The number of carbonyl (C=O) groups excluding carboxylic acids is 1. The number of hydrogen-bond acceptors (Lipinski definition) is 3. The molecular formula is C18H20BrNO2S. The lowest BCUT2D eigenvalue weighted by atomic mass is 10.2. The first-order valence-electron chi connectivity index (χ1n) is 7.40. The minimum atomic E-state index is -0.0443. The molecule has 0 fully saturated rings. The van der Waals surface area contributed by atoms with Crippen LogP contribution in [0.4, 0.5) is 5.69 Å². The lowest BCUT2D eigenvalue weighted by Crippen LogP contribution is -2.16. The third-order valence-electron chi connectivity index (χ3n) is 3.02. The number of amides is 1. The van der Waals surface area contributed by atoms with E-state index in [2.05, 4.69) is 21.2 Å². The number of ether oxygens (including phenoxy) is 1. The van der Waals surface area contributed by atoms with Crippen molar-refractivity contribution in [2.75, 3.05) is 11.1 Å². The number of para-hydroxylation sites is 2. The molecule has 0 aliphatic heterocycles. The van der Waals surface area contributed by atoms with E-state index in [1.807, 2.05) is 63.2 Å². The molecule has 2 aromatic carbocycles. The molecule has 0 bridgehead atoms. The Morgan fingerprint density at radius 1 is 1.26 bits per heavy atom. The molecule has 0 aliphatic rings. The first kappa shape index (κ1) is 17.9. The minimum Gasteiger partial charge on any atom is -0.489 e. The van der Waals surface area contributed by atoms with E-state index in [0.717, 1.165) is 14.9 Å². The number of anilines is 1. The molecule has 0 unspecified atom stereocenters. The average molecular weight is 394 g/mol. The molecule has 0 radical (unpaired) electrons. The van der Waals surface area contributed by atoms with Crippen LogP contribution in [0.5, 0.6) is 5.75 Å². The van der Waals surface area contributed by atoms with Gasteiger partial charge >= 0.3 is 0 Å². The van der Waals surface area contributed by atoms with Crippen LogP contribution in [0.2, 0.25) is 0 Å². The molecule has 3 nitrogen and oxygen atoms in total. The molecule has 0 aliphatic carbocycles. The van der Waals surface area contributed by atoms with Gasteiger partial charge in [-0.3, -0.25) is 4.79 Å². The third kappa shape index (κ3) is 5.59. The highest BCUT2D eigenvalue weighted by atomic mass is 79.9. The van der Waals surface area contributed by atoms with Crippen molar-refractivity contribution in [2.45, 2.75) is 31.8 Å². The van der Waals surface area contributed by atoms with Gasteiger partial charge in [-0.1, -0.05) is 28.1 Å². The van der Waals surface area contributed by atoms with Crippen LogP contribution in [0.1, 0.15) is 19.4 Å². The van der Waals surface area contributed by atoms with E-state index >= 15 is 0 Å². The molecule has 2 rings (SSSR count). The SMILES string of the molecule is Cc1cc(Br)ccc1SCC(=O)Nc1ccccc1OC(C)C. The maximum atomic E-state index is 12.2. The Labute approximate surface area is 149 Å². The highest BCUT2D eigenvalue weighted by Crippen LogP contribution is 2.27. The molecule has 0 atom stereocenters. The monoisotopic (exact) mass is 393 g/mol. The smallest absolute Gasteiger partial charge is 0.234 e. The summed E-state index contributed by atoms with van der Waals surface area (Å²) in [5, 5.41) is 2.92. The summed E-state index contributed by atoms with van der Waals surface area (Å²) in [7, 11) is 0. The van der Waals surface area contributed by atoms with E-state index in [0.29, 0.717) is 17.2 Å². The van der Waals surface area contributed by atoms with Crippen molar-refractivity contribution >= 4 is 39.3 Å². The summed E-state index contributed by atoms with van der Waals surface area (Å²) in [4.78, 5) is 13.3. The van der Waals surface area contributed by atoms with Crippen LogP contribution in [0.15, 0.2) is 51.8 Å². The fourth-order valence-electron chi connectivity index (χ4n) is 2.03. The molecule has 1 N–H and O–H groups in total. The normalized spacial score (nSPS) is 10.7. The van der Waals surface area contributed by atoms with Gasteiger partial charge in [0.05, 0.1) is 17.5 Å². The summed E-state index contributed by atoms with van der Waals surface area (Å²) in [5.41, 5.74) is 1.86. The molecular weight excluding hydrogens is 374 g/mol. The second-order valence-corrected chi connectivity index (χ2v) is 7.34. The number of benzene rings is 2. The van der Waals surface area contributed by atoms with Gasteiger partial charge in [-0.15, -0.1) is 11.8 Å². The molecule has 1 amide bonds. The second kappa shape index (κ2) is 8.41. The first-order chi connectivity index (χ1) is 11.0. The Hall–Kier alpha value is -1.46. The van der Waals surface area contributed by atoms with E-state index in [-0.39, 0.29) is 12.0 Å². The predicted molar refractivity (Wildman–Crippen MR) is 100 cm³/mol. The van der Waals surface area contributed by atoms with E-state index in [9.17, 15) is 4.79 Å². The second-order valence-electron chi connectivity index (χ2n) is 5.41. The Bertz CT molecular complexity index is 688. The first-order valence-corrected chi connectivity index (χ1v) is 9.18. The van der Waals surface area contributed by atoms with Gasteiger partial charge in [0.25, 0.3) is 0 Å². The molecule has 122 valence electrons. The van der Waals surface area contributed by atoms with Crippen molar-refractivity contribution in [3.63, 3.8) is 0 Å². The lowest BCUT2D eigenvalue weighted by molar-refractivity contribution is -0.113. The van der Waals surface area contributed by atoms with Gasteiger partial charge in [0, 0.05) is 9.37 Å². The molecule has 0 aromatic heterocycles. The highest BCUT2D eigenvalue weighted by Gasteiger charge is 2.10. The van der Waals surface area contributed by atoms with Crippen molar-refractivity contribution in [1.29, 1.82) is 0 Å². The van der Waals surface area contributed by atoms with Crippen molar-refractivity contribution in [3.8, 4) is 5.75 Å². The quantitative estimate of drug-likeness (QED) is 0.678. The van der Waals surface area contributed by atoms with Crippen LogP contribution >= 0.6 is 27.7 Å². The number of nitrogens with one attached hydrogen (secondary N) is 1. The highest BCUT2D eigenvalue weighted by molar-refractivity contribution is 9.10. The number of thioether (sulfide) groups is 1. The third-order valence-corrected chi connectivity index (χ3v) is 4.69. The summed E-state index contributed by atoms with van der Waals surface area (Å²) in [6.07, 6.45) is 0.0628. The molecule has 23 heavy (non-hydrogen) atoms. The summed E-state index contributed by atoms with van der Waals surface area (Å²) >= 11 is 4.97. The Kier molecular flexibility index (Phi) is 6.54. The maximum Gasteiger partial charge on any atom is 0.234 e. The fourth-order valence-corrected chi connectivity index (χ4v) is 3.32. The van der Waals surface area contributed by atoms with Crippen LogP contribution in [0, 0.1) is 6.92 Å². The van der Waals surface area contributed by atoms with Crippen LogP contribution < -0.4 is 10.1 Å². The number of carbonyl (C=O) groups is 1. The Morgan fingerprint density at radius 3 is 2.70 bits per heavy atom. The molecule has 0 spiro atoms. The van der Waals surface area contributed by atoms with E-state index in [4.69, 9.17) is 4.74 Å². The van der Waals surface area contributed by atoms with E-state index in [1.165, 1.54) is 11.8 Å². The zero-order valence-electron chi connectivity index (χ0n) is 13.4. The van der Waals surface area contributed by atoms with Crippen molar-refractivity contribution in [3.05, 3.63) is 52.5 Å². The van der Waals surface area contributed by atoms with Gasteiger partial charge in [0.15, 0.2) is 0 Å².